The van der Waals surface area contributed by atoms with Crippen LogP contribution in [0.15, 0.2) is 18.2 Å². The number of alkyl halides is 1. The van der Waals surface area contributed by atoms with E-state index in [2.05, 4.69) is 48.0 Å². The van der Waals surface area contributed by atoms with Crippen LogP contribution >= 0.6 is 15.9 Å². The van der Waals surface area contributed by atoms with Crippen molar-refractivity contribution in [1.29, 1.82) is 0 Å². The van der Waals surface area contributed by atoms with Gasteiger partial charge < -0.3 is 4.90 Å². The van der Waals surface area contributed by atoms with Gasteiger partial charge in [0, 0.05) is 24.0 Å². The van der Waals surface area contributed by atoms with E-state index < -0.39 is 0 Å². The molecule has 1 heterocycles. The molecule has 2 nitrogen and oxygen atoms in total. The minimum Gasteiger partial charge on any atom is -0.312 e. The highest BCUT2D eigenvalue weighted by molar-refractivity contribution is 9.09. The SMILES string of the molecule is Cc1ccc(N2CC(CBr)CC2=O)c(C)c1. The van der Waals surface area contributed by atoms with Gasteiger partial charge >= 0.3 is 0 Å². The molecule has 0 radical (unpaired) electrons. The van der Waals surface area contributed by atoms with Gasteiger partial charge in [0.05, 0.1) is 0 Å². The van der Waals surface area contributed by atoms with Crippen LogP contribution in [0.2, 0.25) is 0 Å². The van der Waals surface area contributed by atoms with E-state index >= 15 is 0 Å². The van der Waals surface area contributed by atoms with Crippen LogP contribution in [0.3, 0.4) is 0 Å². The summed E-state index contributed by atoms with van der Waals surface area (Å²) < 4.78 is 0. The molecule has 16 heavy (non-hydrogen) atoms. The van der Waals surface area contributed by atoms with Crippen molar-refractivity contribution in [3.63, 3.8) is 0 Å². The number of hydrogen-bond donors (Lipinski definition) is 0. The summed E-state index contributed by atoms with van der Waals surface area (Å²) in [5, 5.41) is 0.903. The zero-order valence-electron chi connectivity index (χ0n) is 9.66. The van der Waals surface area contributed by atoms with Gasteiger partial charge in [-0.1, -0.05) is 33.6 Å². The van der Waals surface area contributed by atoms with Crippen molar-refractivity contribution in [3.8, 4) is 0 Å². The molecule has 3 heteroatoms. The van der Waals surface area contributed by atoms with Crippen LogP contribution in [-0.4, -0.2) is 17.8 Å². The van der Waals surface area contributed by atoms with E-state index in [9.17, 15) is 4.79 Å². The number of aryl methyl sites for hydroxylation is 2. The molecule has 0 N–H and O–H groups in total. The molecule has 0 saturated carbocycles. The molecule has 2 rings (SSSR count). The van der Waals surface area contributed by atoms with Crippen LogP contribution in [-0.2, 0) is 4.79 Å². The summed E-state index contributed by atoms with van der Waals surface area (Å²) in [7, 11) is 0. The van der Waals surface area contributed by atoms with Gasteiger partial charge in [0.2, 0.25) is 5.91 Å². The Labute approximate surface area is 105 Å². The Morgan fingerprint density at radius 3 is 2.75 bits per heavy atom. The molecule has 0 spiro atoms. The molecule has 1 atom stereocenters. The summed E-state index contributed by atoms with van der Waals surface area (Å²) in [6, 6.07) is 6.25. The summed E-state index contributed by atoms with van der Waals surface area (Å²) in [5.74, 6) is 0.699. The quantitative estimate of drug-likeness (QED) is 0.763. The zero-order valence-corrected chi connectivity index (χ0v) is 11.3. The Kier molecular flexibility index (Phi) is 3.33. The Morgan fingerprint density at radius 2 is 2.19 bits per heavy atom. The highest BCUT2D eigenvalue weighted by Crippen LogP contribution is 2.28. The van der Waals surface area contributed by atoms with Crippen LogP contribution in [0.1, 0.15) is 17.5 Å². The average molecular weight is 282 g/mol. The second-order valence-corrected chi connectivity index (χ2v) is 5.17. The number of amides is 1. The normalized spacial score (nSPS) is 20.6. The van der Waals surface area contributed by atoms with E-state index in [1.54, 1.807) is 0 Å². The van der Waals surface area contributed by atoms with Gasteiger partial charge in [0.15, 0.2) is 0 Å². The standard InChI is InChI=1S/C13H16BrNO/c1-9-3-4-12(10(2)5-9)15-8-11(7-14)6-13(15)16/h3-5,11H,6-8H2,1-2H3. The third-order valence-corrected chi connectivity index (χ3v) is 3.98. The van der Waals surface area contributed by atoms with Gasteiger partial charge in [-0.25, -0.2) is 0 Å². The molecular formula is C13H16BrNO. The second-order valence-electron chi connectivity index (χ2n) is 4.52. The molecule has 0 aliphatic carbocycles. The minimum atomic E-state index is 0.247. The number of benzene rings is 1. The topological polar surface area (TPSA) is 20.3 Å². The molecule has 1 aromatic rings. The van der Waals surface area contributed by atoms with E-state index in [1.165, 1.54) is 11.1 Å². The molecule has 0 aromatic heterocycles. The first-order chi connectivity index (χ1) is 7.61. The van der Waals surface area contributed by atoms with Crippen molar-refractivity contribution in [2.75, 3.05) is 16.8 Å². The maximum Gasteiger partial charge on any atom is 0.227 e. The molecule has 1 unspecified atom stereocenters. The minimum absolute atomic E-state index is 0.247. The number of carbonyl (C=O) groups excluding carboxylic acids is 1. The number of nitrogens with zero attached hydrogens (tertiary/aromatic N) is 1. The molecule has 1 fully saturated rings. The van der Waals surface area contributed by atoms with Crippen LogP contribution in [0.5, 0.6) is 0 Å². The van der Waals surface area contributed by atoms with E-state index in [0.29, 0.717) is 12.3 Å². The first kappa shape index (κ1) is 11.6. The van der Waals surface area contributed by atoms with Crippen molar-refractivity contribution >= 4 is 27.5 Å². The van der Waals surface area contributed by atoms with Crippen molar-refractivity contribution < 1.29 is 4.79 Å². The lowest BCUT2D eigenvalue weighted by Crippen LogP contribution is -2.25. The summed E-state index contributed by atoms with van der Waals surface area (Å²) >= 11 is 3.45. The Hall–Kier alpha value is -0.830. The Morgan fingerprint density at radius 1 is 1.44 bits per heavy atom. The first-order valence-electron chi connectivity index (χ1n) is 5.55. The lowest BCUT2D eigenvalue weighted by molar-refractivity contribution is -0.117. The van der Waals surface area contributed by atoms with Crippen LogP contribution in [0.25, 0.3) is 0 Å². The number of carbonyl (C=O) groups is 1. The molecule has 1 aliphatic rings. The Balaban J connectivity index is 2.28. The molecule has 1 aromatic carbocycles. The molecule has 1 amide bonds. The molecule has 0 bridgehead atoms. The zero-order chi connectivity index (χ0) is 11.7. The van der Waals surface area contributed by atoms with E-state index in [1.807, 2.05) is 4.90 Å². The van der Waals surface area contributed by atoms with Gasteiger partial charge in [-0.05, 0) is 31.4 Å². The lowest BCUT2D eigenvalue weighted by atomic mass is 10.1. The van der Waals surface area contributed by atoms with Crippen molar-refractivity contribution in [2.24, 2.45) is 5.92 Å². The molecule has 86 valence electrons. The van der Waals surface area contributed by atoms with Crippen LogP contribution in [0, 0.1) is 19.8 Å². The maximum atomic E-state index is 11.9. The van der Waals surface area contributed by atoms with Gasteiger partial charge in [-0.15, -0.1) is 0 Å². The smallest absolute Gasteiger partial charge is 0.227 e. The van der Waals surface area contributed by atoms with Crippen molar-refractivity contribution in [3.05, 3.63) is 29.3 Å². The summed E-state index contributed by atoms with van der Waals surface area (Å²) in [5.41, 5.74) is 3.49. The predicted molar refractivity (Wildman–Crippen MR) is 70.2 cm³/mol. The molecule has 1 saturated heterocycles. The second kappa shape index (κ2) is 4.58. The third kappa shape index (κ3) is 2.14. The maximum absolute atomic E-state index is 11.9. The molecular weight excluding hydrogens is 266 g/mol. The first-order valence-corrected chi connectivity index (χ1v) is 6.67. The number of halogens is 1. The van der Waals surface area contributed by atoms with Gasteiger partial charge in [-0.3, -0.25) is 4.79 Å². The average Bonchev–Trinajstić information content (AvgIpc) is 2.60. The van der Waals surface area contributed by atoms with Gasteiger partial charge in [-0.2, -0.15) is 0 Å². The fourth-order valence-corrected chi connectivity index (χ4v) is 2.66. The monoisotopic (exact) mass is 281 g/mol. The number of hydrogen-bond acceptors (Lipinski definition) is 1. The van der Waals surface area contributed by atoms with Crippen molar-refractivity contribution in [2.45, 2.75) is 20.3 Å². The summed E-state index contributed by atoms with van der Waals surface area (Å²) in [6.07, 6.45) is 0.665. The van der Waals surface area contributed by atoms with E-state index in [-0.39, 0.29) is 5.91 Å². The fraction of sp³-hybridized carbons (Fsp3) is 0.462. The highest BCUT2D eigenvalue weighted by atomic mass is 79.9. The fourth-order valence-electron chi connectivity index (χ4n) is 2.23. The largest absolute Gasteiger partial charge is 0.312 e. The highest BCUT2D eigenvalue weighted by Gasteiger charge is 2.30. The summed E-state index contributed by atoms with van der Waals surface area (Å²) in [4.78, 5) is 13.8. The van der Waals surface area contributed by atoms with Gasteiger partial charge in [0.25, 0.3) is 0 Å². The van der Waals surface area contributed by atoms with E-state index in [0.717, 1.165) is 17.6 Å². The lowest BCUT2D eigenvalue weighted by Gasteiger charge is -2.19. The predicted octanol–water partition coefficient (Wildman–Crippen LogP) is 3.05. The van der Waals surface area contributed by atoms with Gasteiger partial charge in [0.1, 0.15) is 0 Å². The van der Waals surface area contributed by atoms with E-state index in [4.69, 9.17) is 0 Å². The van der Waals surface area contributed by atoms with Crippen LogP contribution in [0.4, 0.5) is 5.69 Å². The van der Waals surface area contributed by atoms with Crippen LogP contribution < -0.4 is 4.90 Å². The Bertz CT molecular complexity index is 416. The third-order valence-electron chi connectivity index (χ3n) is 3.07. The number of anilines is 1. The molecule has 1 aliphatic heterocycles. The summed E-state index contributed by atoms with van der Waals surface area (Å²) in [6.45, 7) is 4.98. The van der Waals surface area contributed by atoms with Crippen molar-refractivity contribution in [1.82, 2.24) is 0 Å². The number of rotatable bonds is 2.